The van der Waals surface area contributed by atoms with Crippen LogP contribution >= 0.6 is 0 Å². The van der Waals surface area contributed by atoms with Crippen LogP contribution in [-0.2, 0) is 19.2 Å². The van der Waals surface area contributed by atoms with E-state index in [9.17, 15) is 24.0 Å². The Morgan fingerprint density at radius 1 is 1.09 bits per heavy atom. The number of ether oxygens (including phenoxy) is 2. The largest absolute Gasteiger partial charge is 0.497 e. The van der Waals surface area contributed by atoms with Crippen molar-refractivity contribution in [2.24, 2.45) is 16.1 Å². The number of nitrogens with two attached hydrogens (primary N) is 1. The van der Waals surface area contributed by atoms with Gasteiger partial charge in [-0.3, -0.25) is 19.2 Å². The smallest absolute Gasteiger partial charge is 0.315 e. The van der Waals surface area contributed by atoms with Crippen molar-refractivity contribution >= 4 is 52.5 Å². The first-order valence-corrected chi connectivity index (χ1v) is 18.4. The lowest BCUT2D eigenvalue weighted by Gasteiger charge is -2.36. The fraction of sp³-hybridized carbons (Fsp3) is 0.564. The molecule has 0 unspecified atom stereocenters. The van der Waals surface area contributed by atoms with Gasteiger partial charge in [0, 0.05) is 41.7 Å². The summed E-state index contributed by atoms with van der Waals surface area (Å²) < 4.78 is 12.2. The Bertz CT molecular complexity index is 1790. The maximum atomic E-state index is 14.7. The normalized spacial score (nSPS) is 20.1. The second-order valence-electron chi connectivity index (χ2n) is 16.4. The predicted octanol–water partition coefficient (Wildman–Crippen LogP) is 3.80. The lowest BCUT2D eigenvalue weighted by molar-refractivity contribution is -0.144. The fourth-order valence-electron chi connectivity index (χ4n) is 6.26. The zero-order chi connectivity index (χ0) is 40.0. The Morgan fingerprint density at radius 3 is 2.39 bits per heavy atom. The molecule has 2 fully saturated rings. The molecule has 2 heterocycles. The molecule has 1 saturated heterocycles. The third kappa shape index (κ3) is 10.9. The number of nitrogens with one attached hydrogen (secondary N) is 4. The number of aliphatic imine (C=N–C) groups is 1. The van der Waals surface area contributed by atoms with Gasteiger partial charge in [0.1, 0.15) is 29.2 Å². The highest BCUT2D eigenvalue weighted by Gasteiger charge is 2.51. The summed E-state index contributed by atoms with van der Waals surface area (Å²) in [4.78, 5) is 78.6. The van der Waals surface area contributed by atoms with Crippen LogP contribution in [0.5, 0.6) is 11.5 Å². The summed E-state index contributed by atoms with van der Waals surface area (Å²) >= 11 is 0. The molecule has 294 valence electrons. The number of hydrogen-bond acceptors (Lipinski definition) is 10. The van der Waals surface area contributed by atoms with Gasteiger partial charge in [0.15, 0.2) is 5.82 Å². The number of Topliss-reactive ketones (excluding diaryl/α,β-unsaturated/α-hetero) is 1. The lowest BCUT2D eigenvalue weighted by atomic mass is 9.85. The van der Waals surface area contributed by atoms with Crippen LogP contribution in [0.25, 0.3) is 10.9 Å². The number of benzene rings is 1. The summed E-state index contributed by atoms with van der Waals surface area (Å²) in [5.74, 6) is -1.32. The van der Waals surface area contributed by atoms with Crippen LogP contribution in [0.1, 0.15) is 87.5 Å². The average molecular weight is 749 g/mol. The van der Waals surface area contributed by atoms with Crippen LogP contribution in [0.4, 0.5) is 10.6 Å². The molecule has 54 heavy (non-hydrogen) atoms. The number of carbonyl (C=O) groups is 5. The number of aromatic nitrogens is 1. The second kappa shape index (κ2) is 16.9. The van der Waals surface area contributed by atoms with Gasteiger partial charge in [0.25, 0.3) is 5.91 Å². The summed E-state index contributed by atoms with van der Waals surface area (Å²) in [5, 5.41) is 11.8. The van der Waals surface area contributed by atoms with E-state index in [4.69, 9.17) is 15.2 Å². The summed E-state index contributed by atoms with van der Waals surface area (Å²) in [6, 6.07) is 3.12. The molecule has 1 aromatic carbocycles. The summed E-state index contributed by atoms with van der Waals surface area (Å²) in [6.07, 6.45) is 6.75. The summed E-state index contributed by atoms with van der Waals surface area (Å²) in [5.41, 5.74) is 3.51. The number of carbonyl (C=O) groups excluding carboxylic acids is 5. The quantitative estimate of drug-likeness (QED) is 0.141. The molecular weight excluding hydrogens is 692 g/mol. The second-order valence-corrected chi connectivity index (χ2v) is 16.4. The summed E-state index contributed by atoms with van der Waals surface area (Å²) in [6.45, 7) is 14.5. The number of likely N-dealkylation sites (tertiary alicyclic amines) is 1. The molecule has 0 spiro atoms. The zero-order valence-electron chi connectivity index (χ0n) is 32.9. The maximum absolute atomic E-state index is 14.7. The van der Waals surface area contributed by atoms with E-state index in [1.165, 1.54) is 17.3 Å². The lowest BCUT2D eigenvalue weighted by Crippen LogP contribution is -2.61. The van der Waals surface area contributed by atoms with Crippen molar-refractivity contribution in [3.63, 3.8) is 0 Å². The van der Waals surface area contributed by atoms with E-state index in [1.807, 2.05) is 48.5 Å². The highest BCUT2D eigenvalue weighted by Crippen LogP contribution is 2.38. The molecule has 1 aromatic heterocycles. The van der Waals surface area contributed by atoms with Gasteiger partial charge >= 0.3 is 6.03 Å². The van der Waals surface area contributed by atoms with Gasteiger partial charge in [-0.2, -0.15) is 0 Å². The molecule has 0 radical (unpaired) electrons. The highest BCUT2D eigenvalue weighted by atomic mass is 16.5. The third-order valence-electron chi connectivity index (χ3n) is 9.04. The molecule has 4 rings (SSSR count). The number of ketones is 1. The Kier molecular flexibility index (Phi) is 13.0. The highest BCUT2D eigenvalue weighted by molar-refractivity contribution is 6.38. The zero-order valence-corrected chi connectivity index (χ0v) is 32.9. The molecule has 15 heteroatoms. The molecule has 6 N–H and O–H groups in total. The number of amides is 5. The van der Waals surface area contributed by atoms with Crippen LogP contribution < -0.4 is 36.5 Å². The molecule has 1 aliphatic heterocycles. The van der Waals surface area contributed by atoms with Crippen molar-refractivity contribution in [1.29, 1.82) is 0 Å². The molecule has 5 amide bonds. The maximum Gasteiger partial charge on any atom is 0.315 e. The minimum atomic E-state index is -1.16. The van der Waals surface area contributed by atoms with Crippen molar-refractivity contribution in [1.82, 2.24) is 31.2 Å². The van der Waals surface area contributed by atoms with Crippen molar-refractivity contribution in [3.8, 4) is 11.5 Å². The Morgan fingerprint density at radius 2 is 1.80 bits per heavy atom. The molecule has 2 aliphatic rings. The topological polar surface area (TPSA) is 206 Å². The number of fused-ring (bicyclic) bond motifs is 1. The van der Waals surface area contributed by atoms with E-state index >= 15 is 0 Å². The number of hydrogen-bond donors (Lipinski definition) is 5. The standard InChI is InChI=1S/C39H56N8O7/c1-10-12-26(31(48)34(50)42-23-13-14-23)44-33(49)28-21-39(8,22-47(28)35(51)32(37(2,3)4)45-36(52)46-38(5,6)7)54-29-20-30(41-18-11-17-40)43-27-19-24(53-9)15-16-25(27)29/h11,15-20,23,26,28,32H,10,12-14,21-22,40H2,1-9H3,(H,42,50)(H,44,49)(H2,45,46,52)/t26-,28-,32+,39-/m0/s1. The first-order chi connectivity index (χ1) is 25.3. The van der Waals surface area contributed by atoms with E-state index in [1.54, 1.807) is 44.4 Å². The van der Waals surface area contributed by atoms with Crippen LogP contribution in [0.15, 0.2) is 41.5 Å². The van der Waals surface area contributed by atoms with E-state index in [2.05, 4.69) is 31.2 Å². The third-order valence-corrected chi connectivity index (χ3v) is 9.04. The van der Waals surface area contributed by atoms with Crippen LogP contribution in [-0.4, -0.2) is 94.6 Å². The number of allylic oxidation sites excluding steroid dienone is 1. The number of nitrogens with zero attached hydrogens (tertiary/aromatic N) is 3. The number of methoxy groups -OCH3 is 1. The van der Waals surface area contributed by atoms with Gasteiger partial charge in [-0.25, -0.2) is 14.8 Å². The fourth-order valence-corrected chi connectivity index (χ4v) is 6.26. The van der Waals surface area contributed by atoms with E-state index in [0.29, 0.717) is 34.6 Å². The van der Waals surface area contributed by atoms with E-state index < -0.39 is 64.2 Å². The van der Waals surface area contributed by atoms with E-state index in [0.717, 1.165) is 12.8 Å². The molecule has 15 nitrogen and oxygen atoms in total. The van der Waals surface area contributed by atoms with Gasteiger partial charge in [0.05, 0.1) is 25.2 Å². The number of pyridine rings is 1. The van der Waals surface area contributed by atoms with Gasteiger partial charge in [-0.1, -0.05) is 34.1 Å². The van der Waals surface area contributed by atoms with Crippen molar-refractivity contribution in [2.45, 2.75) is 123 Å². The molecule has 1 aliphatic carbocycles. The number of rotatable bonds is 14. The minimum Gasteiger partial charge on any atom is -0.497 e. The van der Waals surface area contributed by atoms with Crippen molar-refractivity contribution < 1.29 is 33.4 Å². The van der Waals surface area contributed by atoms with Crippen LogP contribution in [0.3, 0.4) is 0 Å². The predicted molar refractivity (Wildman–Crippen MR) is 207 cm³/mol. The first kappa shape index (κ1) is 41.5. The Labute approximate surface area is 317 Å². The monoisotopic (exact) mass is 748 g/mol. The first-order valence-electron chi connectivity index (χ1n) is 18.4. The molecule has 1 saturated carbocycles. The molecule has 4 atom stereocenters. The minimum absolute atomic E-state index is 0.0193. The van der Waals surface area contributed by atoms with Gasteiger partial charge < -0.3 is 41.4 Å². The van der Waals surface area contributed by atoms with Crippen LogP contribution in [0, 0.1) is 5.41 Å². The van der Waals surface area contributed by atoms with Gasteiger partial charge in [-0.05, 0) is 76.8 Å². The SMILES string of the molecule is CCC[C@H](NC(=O)[C@@H]1C[C@](C)(Oc2cc(N=CC=CN)nc3cc(OC)ccc23)CN1C(=O)[C@@H](NC(=O)NC(C)(C)C)C(C)(C)C)C(=O)C(=O)NC1CC1. The van der Waals surface area contributed by atoms with Crippen LogP contribution in [0.2, 0.25) is 0 Å². The van der Waals surface area contributed by atoms with Gasteiger partial charge in [0.2, 0.25) is 17.6 Å². The Hall–Kier alpha value is -5.21. The van der Waals surface area contributed by atoms with Crippen molar-refractivity contribution in [3.05, 3.63) is 36.5 Å². The Balaban J connectivity index is 1.74. The number of urea groups is 1. The molecule has 0 bridgehead atoms. The van der Waals surface area contributed by atoms with E-state index in [-0.39, 0.29) is 25.4 Å². The molecular formula is C39H56N8O7. The molecule has 2 aromatic rings. The van der Waals surface area contributed by atoms with Crippen molar-refractivity contribution in [2.75, 3.05) is 13.7 Å². The average Bonchev–Trinajstić information content (AvgIpc) is 3.83. The van der Waals surface area contributed by atoms with Gasteiger partial charge in [-0.15, -0.1) is 0 Å². The summed E-state index contributed by atoms with van der Waals surface area (Å²) in [7, 11) is 1.55.